The molecule has 1 saturated carbocycles. The van der Waals surface area contributed by atoms with Gasteiger partial charge in [-0.05, 0) is 39.5 Å². The zero-order chi connectivity index (χ0) is 17.8. The molecule has 7 heteroatoms. The van der Waals surface area contributed by atoms with Crippen molar-refractivity contribution in [3.05, 3.63) is 11.9 Å². The number of amides is 3. The van der Waals surface area contributed by atoms with Crippen LogP contribution in [0.3, 0.4) is 0 Å². The quantitative estimate of drug-likeness (QED) is 0.782. The molecule has 1 aliphatic heterocycles. The van der Waals surface area contributed by atoms with Crippen LogP contribution in [0.2, 0.25) is 0 Å². The Morgan fingerprint density at radius 2 is 2.00 bits per heavy atom. The lowest BCUT2D eigenvalue weighted by molar-refractivity contribution is -0.119. The summed E-state index contributed by atoms with van der Waals surface area (Å²) in [5.41, 5.74) is 1.71. The van der Waals surface area contributed by atoms with Crippen molar-refractivity contribution in [3.8, 4) is 0 Å². The van der Waals surface area contributed by atoms with E-state index in [2.05, 4.69) is 20.8 Å². The van der Waals surface area contributed by atoms with Crippen molar-refractivity contribution in [1.82, 2.24) is 20.4 Å². The van der Waals surface area contributed by atoms with Crippen LogP contribution in [0.5, 0.6) is 0 Å². The topological polar surface area (TPSA) is 90.1 Å². The Morgan fingerprint density at radius 3 is 2.72 bits per heavy atom. The van der Waals surface area contributed by atoms with Crippen molar-refractivity contribution < 1.29 is 9.59 Å². The molecule has 0 spiro atoms. The fourth-order valence-corrected chi connectivity index (χ4v) is 3.87. The second-order valence-corrected chi connectivity index (χ2v) is 7.56. The summed E-state index contributed by atoms with van der Waals surface area (Å²) in [6.45, 7) is 5.34. The number of nitrogens with zero attached hydrogens (tertiary/aromatic N) is 2. The van der Waals surface area contributed by atoms with Gasteiger partial charge in [-0.3, -0.25) is 9.89 Å². The van der Waals surface area contributed by atoms with Gasteiger partial charge >= 0.3 is 6.03 Å². The molecule has 3 N–H and O–H groups in total. The molecule has 1 saturated heterocycles. The number of aromatic nitrogens is 2. The smallest absolute Gasteiger partial charge is 0.317 e. The van der Waals surface area contributed by atoms with E-state index in [1.165, 1.54) is 0 Å². The molecule has 138 valence electrons. The molecule has 1 atom stereocenters. The fraction of sp³-hybridized carbons (Fsp3) is 0.722. The summed E-state index contributed by atoms with van der Waals surface area (Å²) in [6.07, 6.45) is 7.86. The normalized spacial score (nSPS) is 21.6. The monoisotopic (exact) mass is 347 g/mol. The Morgan fingerprint density at radius 1 is 1.24 bits per heavy atom. The summed E-state index contributed by atoms with van der Waals surface area (Å²) in [5.74, 6) is 0.404. The summed E-state index contributed by atoms with van der Waals surface area (Å²) in [6, 6.07) is 0.108. The highest BCUT2D eigenvalue weighted by molar-refractivity contribution is 5.93. The number of piperidine rings is 1. The molecule has 1 aliphatic carbocycles. The minimum atomic E-state index is -0.0178. The summed E-state index contributed by atoms with van der Waals surface area (Å²) >= 11 is 0. The van der Waals surface area contributed by atoms with Gasteiger partial charge in [0, 0.05) is 31.0 Å². The summed E-state index contributed by atoms with van der Waals surface area (Å²) < 4.78 is 0. The van der Waals surface area contributed by atoms with Crippen LogP contribution in [0.25, 0.3) is 0 Å². The van der Waals surface area contributed by atoms with Crippen LogP contribution in [0.4, 0.5) is 10.5 Å². The first kappa shape index (κ1) is 17.8. The molecular weight excluding hydrogens is 318 g/mol. The lowest BCUT2D eigenvalue weighted by atomic mass is 9.94. The van der Waals surface area contributed by atoms with Crippen molar-refractivity contribution in [1.29, 1.82) is 0 Å². The van der Waals surface area contributed by atoms with E-state index in [9.17, 15) is 9.59 Å². The molecule has 0 bridgehead atoms. The third-order valence-corrected chi connectivity index (χ3v) is 5.18. The van der Waals surface area contributed by atoms with E-state index in [1.54, 1.807) is 6.20 Å². The number of anilines is 1. The number of aromatic amines is 1. The lowest BCUT2D eigenvalue weighted by Crippen LogP contribution is -2.47. The van der Waals surface area contributed by atoms with E-state index < -0.39 is 0 Å². The molecule has 7 nitrogen and oxygen atoms in total. The van der Waals surface area contributed by atoms with E-state index in [0.29, 0.717) is 6.54 Å². The van der Waals surface area contributed by atoms with Gasteiger partial charge < -0.3 is 15.5 Å². The Balaban J connectivity index is 1.64. The molecule has 0 aromatic carbocycles. The molecule has 25 heavy (non-hydrogen) atoms. The minimum absolute atomic E-state index is 0.0178. The Hall–Kier alpha value is -2.05. The molecule has 2 fully saturated rings. The van der Waals surface area contributed by atoms with Gasteiger partial charge in [-0.2, -0.15) is 5.10 Å². The van der Waals surface area contributed by atoms with Crippen LogP contribution in [-0.2, 0) is 4.79 Å². The van der Waals surface area contributed by atoms with Crippen LogP contribution < -0.4 is 10.6 Å². The van der Waals surface area contributed by atoms with Crippen molar-refractivity contribution >= 4 is 17.6 Å². The summed E-state index contributed by atoms with van der Waals surface area (Å²) in [5, 5.41) is 13.2. The molecule has 1 aromatic heterocycles. The van der Waals surface area contributed by atoms with Crippen LogP contribution in [0.15, 0.2) is 6.20 Å². The predicted octanol–water partition coefficient (Wildman–Crippen LogP) is 2.84. The molecule has 3 amide bonds. The second kappa shape index (κ2) is 7.89. The number of urea groups is 1. The van der Waals surface area contributed by atoms with Gasteiger partial charge in [0.05, 0.1) is 17.6 Å². The average Bonchev–Trinajstić information content (AvgIpc) is 3.26. The van der Waals surface area contributed by atoms with E-state index in [-0.39, 0.29) is 29.8 Å². The van der Waals surface area contributed by atoms with Gasteiger partial charge in [0.1, 0.15) is 0 Å². The van der Waals surface area contributed by atoms with Gasteiger partial charge in [0.15, 0.2) is 0 Å². The van der Waals surface area contributed by atoms with E-state index >= 15 is 0 Å². The molecule has 1 aromatic rings. The summed E-state index contributed by atoms with van der Waals surface area (Å²) in [4.78, 5) is 26.6. The van der Waals surface area contributed by atoms with E-state index in [1.807, 2.05) is 18.7 Å². The predicted molar refractivity (Wildman–Crippen MR) is 96.4 cm³/mol. The molecule has 3 rings (SSSR count). The maximum absolute atomic E-state index is 12.4. The minimum Gasteiger partial charge on any atom is -0.336 e. The highest BCUT2D eigenvalue weighted by atomic mass is 16.2. The highest BCUT2D eigenvalue weighted by Gasteiger charge is 2.29. The van der Waals surface area contributed by atoms with Crippen LogP contribution in [0, 0.1) is 5.92 Å². The first-order valence-electron chi connectivity index (χ1n) is 9.44. The third-order valence-electron chi connectivity index (χ3n) is 5.18. The number of hydrogen-bond acceptors (Lipinski definition) is 3. The second-order valence-electron chi connectivity index (χ2n) is 7.56. The van der Waals surface area contributed by atoms with Crippen molar-refractivity contribution in [2.45, 2.75) is 64.3 Å². The number of rotatable bonds is 4. The zero-order valence-electron chi connectivity index (χ0n) is 15.2. The fourth-order valence-electron chi connectivity index (χ4n) is 3.87. The molecular formula is C18H29N5O2. The largest absolute Gasteiger partial charge is 0.336 e. The summed E-state index contributed by atoms with van der Waals surface area (Å²) in [7, 11) is 0. The number of H-pyrrole nitrogens is 1. The third kappa shape index (κ3) is 4.32. The molecule has 0 unspecified atom stereocenters. The molecule has 2 aliphatic rings. The van der Waals surface area contributed by atoms with E-state index in [0.717, 1.165) is 56.5 Å². The van der Waals surface area contributed by atoms with Crippen LogP contribution >= 0.6 is 0 Å². The number of carbonyl (C=O) groups is 2. The average molecular weight is 347 g/mol. The van der Waals surface area contributed by atoms with Crippen LogP contribution in [0.1, 0.15) is 64.0 Å². The number of carbonyl (C=O) groups excluding carboxylic acids is 2. The van der Waals surface area contributed by atoms with Gasteiger partial charge in [-0.15, -0.1) is 0 Å². The number of likely N-dealkylation sites (tertiary alicyclic amines) is 1. The standard InChI is InChI=1S/C18H29N5O2/c1-12(2)20-18(25)23-9-5-8-14(11-23)16-15(10-19-22-16)21-17(24)13-6-3-4-7-13/h10,12-14H,3-9,11H2,1-2H3,(H,19,22)(H,20,25)(H,21,24)/t14-/m0/s1. The molecule has 2 heterocycles. The van der Waals surface area contributed by atoms with E-state index in [4.69, 9.17) is 0 Å². The van der Waals surface area contributed by atoms with Gasteiger partial charge in [-0.25, -0.2) is 4.79 Å². The van der Waals surface area contributed by atoms with Gasteiger partial charge in [0.25, 0.3) is 0 Å². The Bertz CT molecular complexity index is 606. The van der Waals surface area contributed by atoms with Gasteiger partial charge in [0.2, 0.25) is 5.91 Å². The number of nitrogens with one attached hydrogen (secondary N) is 3. The van der Waals surface area contributed by atoms with Gasteiger partial charge in [-0.1, -0.05) is 12.8 Å². The van der Waals surface area contributed by atoms with Crippen LogP contribution in [-0.4, -0.2) is 46.2 Å². The Kier molecular flexibility index (Phi) is 5.60. The first-order chi connectivity index (χ1) is 12.0. The number of hydrogen-bond donors (Lipinski definition) is 3. The molecule has 0 radical (unpaired) electrons. The maximum Gasteiger partial charge on any atom is 0.317 e. The first-order valence-corrected chi connectivity index (χ1v) is 9.44. The Labute approximate surface area is 148 Å². The van der Waals surface area contributed by atoms with Crippen molar-refractivity contribution in [2.24, 2.45) is 5.92 Å². The SMILES string of the molecule is CC(C)NC(=O)N1CCC[C@H](c2[nH]ncc2NC(=O)C2CCCC2)C1. The lowest BCUT2D eigenvalue weighted by Gasteiger charge is -2.33. The van der Waals surface area contributed by atoms with Crippen molar-refractivity contribution in [2.75, 3.05) is 18.4 Å². The van der Waals surface area contributed by atoms with Crippen molar-refractivity contribution in [3.63, 3.8) is 0 Å². The maximum atomic E-state index is 12.4. The zero-order valence-corrected chi connectivity index (χ0v) is 15.2. The highest BCUT2D eigenvalue weighted by Crippen LogP contribution is 2.32.